The molecule has 1 fully saturated rings. The number of thioether (sulfide) groups is 1. The van der Waals surface area contributed by atoms with Crippen molar-refractivity contribution >= 4 is 34.1 Å². The van der Waals surface area contributed by atoms with Gasteiger partial charge in [0.2, 0.25) is 5.91 Å². The number of anilines is 1. The summed E-state index contributed by atoms with van der Waals surface area (Å²) in [5.41, 5.74) is 2.01. The van der Waals surface area contributed by atoms with E-state index >= 15 is 0 Å². The molecule has 6 nitrogen and oxygen atoms in total. The van der Waals surface area contributed by atoms with Crippen LogP contribution in [-0.2, 0) is 17.9 Å². The molecule has 1 saturated heterocycles. The van der Waals surface area contributed by atoms with Crippen LogP contribution < -0.4 is 5.32 Å². The second-order valence-corrected chi connectivity index (χ2v) is 9.65. The number of carbonyl (C=O) groups is 1. The molecule has 0 unspecified atom stereocenters. The molecule has 0 spiro atoms. The lowest BCUT2D eigenvalue weighted by atomic mass is 10.1. The molecule has 1 aliphatic heterocycles. The third-order valence-corrected chi connectivity index (χ3v) is 7.12. The van der Waals surface area contributed by atoms with Gasteiger partial charge in [-0.25, -0.2) is 0 Å². The van der Waals surface area contributed by atoms with Crippen molar-refractivity contribution in [3.63, 3.8) is 0 Å². The minimum atomic E-state index is -0.0490. The highest BCUT2D eigenvalue weighted by atomic mass is 32.2. The quantitative estimate of drug-likeness (QED) is 0.358. The molecule has 2 heterocycles. The molecule has 1 amide bonds. The van der Waals surface area contributed by atoms with Crippen molar-refractivity contribution in [3.05, 3.63) is 84.2 Å². The Kier molecular flexibility index (Phi) is 7.22. The minimum absolute atomic E-state index is 0.0490. The van der Waals surface area contributed by atoms with Gasteiger partial charge in [-0.3, -0.25) is 9.69 Å². The van der Waals surface area contributed by atoms with Crippen molar-refractivity contribution in [2.45, 2.75) is 37.5 Å². The molecule has 0 atom stereocenters. The van der Waals surface area contributed by atoms with Gasteiger partial charge in [0.25, 0.3) is 0 Å². The van der Waals surface area contributed by atoms with Gasteiger partial charge in [-0.1, -0.05) is 78.8 Å². The van der Waals surface area contributed by atoms with Crippen LogP contribution in [0.4, 0.5) is 5.69 Å². The van der Waals surface area contributed by atoms with Gasteiger partial charge in [-0.15, -0.1) is 10.2 Å². The number of rotatable bonds is 8. The average molecular weight is 472 g/mol. The number of piperidine rings is 1. The lowest BCUT2D eigenvalue weighted by Gasteiger charge is -2.26. The largest absolute Gasteiger partial charge is 0.325 e. The number of nitrogens with zero attached hydrogens (tertiary/aromatic N) is 4. The highest BCUT2D eigenvalue weighted by Gasteiger charge is 2.18. The van der Waals surface area contributed by atoms with Crippen LogP contribution in [0.25, 0.3) is 10.8 Å². The fourth-order valence-electron chi connectivity index (χ4n) is 4.38. The van der Waals surface area contributed by atoms with Crippen molar-refractivity contribution in [3.8, 4) is 0 Å². The van der Waals surface area contributed by atoms with Gasteiger partial charge in [0, 0.05) is 5.69 Å². The summed E-state index contributed by atoms with van der Waals surface area (Å²) in [5.74, 6) is 1.19. The van der Waals surface area contributed by atoms with Crippen LogP contribution in [0.15, 0.2) is 78.0 Å². The Morgan fingerprint density at radius 2 is 1.62 bits per heavy atom. The summed E-state index contributed by atoms with van der Waals surface area (Å²) >= 11 is 1.44. The predicted octanol–water partition coefficient (Wildman–Crippen LogP) is 5.20. The molecule has 174 valence electrons. The maximum atomic E-state index is 12.7. The smallest absolute Gasteiger partial charge is 0.234 e. The van der Waals surface area contributed by atoms with Crippen molar-refractivity contribution < 1.29 is 4.79 Å². The van der Waals surface area contributed by atoms with Gasteiger partial charge in [-0.2, -0.15) is 0 Å². The number of amides is 1. The number of nitrogens with one attached hydrogen (secondary N) is 1. The molecule has 0 saturated carbocycles. The first-order valence-electron chi connectivity index (χ1n) is 11.8. The first kappa shape index (κ1) is 22.6. The lowest BCUT2D eigenvalue weighted by molar-refractivity contribution is -0.113. The van der Waals surface area contributed by atoms with Crippen LogP contribution in [0, 0.1) is 0 Å². The van der Waals surface area contributed by atoms with Crippen molar-refractivity contribution in [2.24, 2.45) is 0 Å². The molecule has 34 heavy (non-hydrogen) atoms. The second-order valence-electron chi connectivity index (χ2n) is 8.71. The van der Waals surface area contributed by atoms with Gasteiger partial charge < -0.3 is 9.88 Å². The summed E-state index contributed by atoms with van der Waals surface area (Å²) in [6, 6.07) is 24.5. The minimum Gasteiger partial charge on any atom is -0.325 e. The SMILES string of the molecule is O=C(CSc1nnc(CN2CCCCC2)n1Cc1ccccc1)Nc1ccc2ccccc2c1. The Balaban J connectivity index is 1.28. The van der Waals surface area contributed by atoms with E-state index in [2.05, 4.69) is 49.2 Å². The number of carbonyl (C=O) groups excluding carboxylic acids is 1. The molecule has 0 bridgehead atoms. The molecular weight excluding hydrogens is 442 g/mol. The van der Waals surface area contributed by atoms with Crippen LogP contribution in [0.3, 0.4) is 0 Å². The van der Waals surface area contributed by atoms with Crippen molar-refractivity contribution in [1.82, 2.24) is 19.7 Å². The molecular formula is C27H29N5OS. The number of benzene rings is 3. The van der Waals surface area contributed by atoms with E-state index < -0.39 is 0 Å². The van der Waals surface area contributed by atoms with Crippen molar-refractivity contribution in [2.75, 3.05) is 24.2 Å². The van der Waals surface area contributed by atoms with Gasteiger partial charge in [0.1, 0.15) is 5.82 Å². The Morgan fingerprint density at radius 3 is 2.44 bits per heavy atom. The zero-order valence-corrected chi connectivity index (χ0v) is 20.0. The zero-order valence-electron chi connectivity index (χ0n) is 19.2. The van der Waals surface area contributed by atoms with E-state index in [1.807, 2.05) is 48.5 Å². The summed E-state index contributed by atoms with van der Waals surface area (Å²) in [6.07, 6.45) is 3.79. The summed E-state index contributed by atoms with van der Waals surface area (Å²) in [6.45, 7) is 3.71. The summed E-state index contributed by atoms with van der Waals surface area (Å²) < 4.78 is 2.16. The van der Waals surface area contributed by atoms with E-state index in [1.165, 1.54) is 36.6 Å². The third-order valence-electron chi connectivity index (χ3n) is 6.16. The normalized spacial score (nSPS) is 14.4. The average Bonchev–Trinajstić information content (AvgIpc) is 3.24. The third kappa shape index (κ3) is 5.66. The molecule has 1 aromatic heterocycles. The van der Waals surface area contributed by atoms with E-state index in [1.54, 1.807) is 0 Å². The van der Waals surface area contributed by atoms with Crippen LogP contribution in [0.1, 0.15) is 30.7 Å². The van der Waals surface area contributed by atoms with Gasteiger partial charge in [0.15, 0.2) is 5.16 Å². The Hall–Kier alpha value is -3.16. The monoisotopic (exact) mass is 471 g/mol. The number of fused-ring (bicyclic) bond motifs is 1. The fraction of sp³-hybridized carbons (Fsp3) is 0.296. The maximum absolute atomic E-state index is 12.7. The standard InChI is InChI=1S/C27H29N5OS/c33-26(28-24-14-13-22-11-5-6-12-23(22)17-24)20-34-27-30-29-25(19-31-15-7-2-8-16-31)32(27)18-21-9-3-1-4-10-21/h1,3-6,9-14,17H,2,7-8,15-16,18-20H2,(H,28,33). The highest BCUT2D eigenvalue weighted by Crippen LogP contribution is 2.23. The number of hydrogen-bond acceptors (Lipinski definition) is 5. The molecule has 0 radical (unpaired) electrons. The van der Waals surface area contributed by atoms with Crippen LogP contribution in [0.5, 0.6) is 0 Å². The van der Waals surface area contributed by atoms with Gasteiger partial charge in [0.05, 0.1) is 18.8 Å². The van der Waals surface area contributed by atoms with E-state index in [0.717, 1.165) is 47.1 Å². The van der Waals surface area contributed by atoms with E-state index in [4.69, 9.17) is 0 Å². The Bertz CT molecular complexity index is 1250. The number of aromatic nitrogens is 3. The Morgan fingerprint density at radius 1 is 0.853 bits per heavy atom. The van der Waals surface area contributed by atoms with Crippen LogP contribution in [-0.4, -0.2) is 44.4 Å². The van der Waals surface area contributed by atoms with Crippen LogP contribution >= 0.6 is 11.8 Å². The molecule has 5 rings (SSSR count). The second kappa shape index (κ2) is 10.8. The zero-order chi connectivity index (χ0) is 23.2. The lowest BCUT2D eigenvalue weighted by Crippen LogP contribution is -2.30. The summed E-state index contributed by atoms with van der Waals surface area (Å²) in [5, 5.41) is 15.1. The van der Waals surface area contributed by atoms with E-state index in [9.17, 15) is 4.79 Å². The van der Waals surface area contributed by atoms with Gasteiger partial charge in [-0.05, 0) is 54.4 Å². The molecule has 3 aromatic carbocycles. The Labute approximate surface area is 204 Å². The highest BCUT2D eigenvalue weighted by molar-refractivity contribution is 7.99. The molecule has 4 aromatic rings. The first-order valence-corrected chi connectivity index (χ1v) is 12.8. The van der Waals surface area contributed by atoms with Crippen molar-refractivity contribution in [1.29, 1.82) is 0 Å². The molecule has 1 N–H and O–H groups in total. The number of hydrogen-bond donors (Lipinski definition) is 1. The fourth-order valence-corrected chi connectivity index (χ4v) is 5.14. The maximum Gasteiger partial charge on any atom is 0.234 e. The predicted molar refractivity (Wildman–Crippen MR) is 138 cm³/mol. The molecule has 7 heteroatoms. The molecule has 0 aliphatic carbocycles. The first-order chi connectivity index (χ1) is 16.7. The van der Waals surface area contributed by atoms with Gasteiger partial charge >= 0.3 is 0 Å². The summed E-state index contributed by atoms with van der Waals surface area (Å²) in [7, 11) is 0. The molecule has 1 aliphatic rings. The summed E-state index contributed by atoms with van der Waals surface area (Å²) in [4.78, 5) is 15.2. The van der Waals surface area contributed by atoms with E-state index in [-0.39, 0.29) is 11.7 Å². The van der Waals surface area contributed by atoms with Crippen LogP contribution in [0.2, 0.25) is 0 Å². The topological polar surface area (TPSA) is 63.1 Å². The van der Waals surface area contributed by atoms with E-state index in [0.29, 0.717) is 6.54 Å². The number of likely N-dealkylation sites (tertiary alicyclic amines) is 1.